The zero-order valence-electron chi connectivity index (χ0n) is 14.6. The number of para-hydroxylation sites is 1. The summed E-state index contributed by atoms with van der Waals surface area (Å²) in [6.07, 6.45) is 1.89. The lowest BCUT2D eigenvalue weighted by Gasteiger charge is -2.29. The normalized spacial score (nSPS) is 20.3. The average molecular weight is 399 g/mol. The highest BCUT2D eigenvalue weighted by Gasteiger charge is 2.24. The Morgan fingerprint density at radius 3 is 2.56 bits per heavy atom. The molecular formula is C20H19ClN4OS. The van der Waals surface area contributed by atoms with E-state index < -0.39 is 0 Å². The molecule has 1 amide bonds. The number of nitrogens with one attached hydrogen (secondary N) is 2. The largest absolute Gasteiger partial charge is 0.369 e. The van der Waals surface area contributed by atoms with Gasteiger partial charge in [-0.05, 0) is 47.7 Å². The Hall–Kier alpha value is -2.28. The minimum atomic E-state index is -0.142. The van der Waals surface area contributed by atoms with E-state index >= 15 is 0 Å². The molecule has 138 valence electrons. The Morgan fingerprint density at radius 1 is 1.07 bits per heavy atom. The van der Waals surface area contributed by atoms with Crippen molar-refractivity contribution in [2.45, 2.75) is 0 Å². The molecule has 0 saturated carbocycles. The predicted molar refractivity (Wildman–Crippen MR) is 114 cm³/mol. The molecule has 0 radical (unpaired) electrons. The summed E-state index contributed by atoms with van der Waals surface area (Å²) in [5.74, 6) is -0.142. The molecule has 0 atom stereocenters. The van der Waals surface area contributed by atoms with Gasteiger partial charge in [0.1, 0.15) is 0 Å². The van der Waals surface area contributed by atoms with Crippen LogP contribution in [0, 0.1) is 0 Å². The first-order valence-electron chi connectivity index (χ1n) is 8.79. The van der Waals surface area contributed by atoms with E-state index in [1.54, 1.807) is 6.07 Å². The average Bonchev–Trinajstić information content (AvgIpc) is 3.04. The Balaban J connectivity index is 1.49. The quantitative estimate of drug-likeness (QED) is 0.775. The lowest BCUT2D eigenvalue weighted by atomic mass is 10.1. The van der Waals surface area contributed by atoms with Crippen molar-refractivity contribution in [2.75, 3.05) is 31.1 Å². The standard InChI is InChI=1S/C20H19ClN4OS/c21-16-3-1-2-4-17(16)23-20-24-19(26)18(27-20)13-14-5-7-15(8-6-14)25-11-9-22-10-12-25/h1-8,13,22H,9-12H2,(H,23,24,26)/b18-13+. The molecule has 0 unspecified atom stereocenters. The van der Waals surface area contributed by atoms with Crippen LogP contribution in [0.2, 0.25) is 5.02 Å². The van der Waals surface area contributed by atoms with Crippen molar-refractivity contribution in [3.8, 4) is 0 Å². The number of benzene rings is 2. The monoisotopic (exact) mass is 398 g/mol. The molecule has 2 heterocycles. The van der Waals surface area contributed by atoms with Gasteiger partial charge in [0.05, 0.1) is 15.6 Å². The van der Waals surface area contributed by atoms with Crippen molar-refractivity contribution in [3.05, 3.63) is 64.0 Å². The van der Waals surface area contributed by atoms with Gasteiger partial charge in [0, 0.05) is 31.9 Å². The van der Waals surface area contributed by atoms with E-state index in [1.165, 1.54) is 17.4 Å². The highest BCUT2D eigenvalue weighted by molar-refractivity contribution is 8.18. The number of amides is 1. The number of amidine groups is 1. The zero-order valence-corrected chi connectivity index (χ0v) is 16.2. The van der Waals surface area contributed by atoms with Gasteiger partial charge in [0.25, 0.3) is 5.91 Å². The van der Waals surface area contributed by atoms with Crippen LogP contribution in [0.25, 0.3) is 6.08 Å². The molecule has 5 nitrogen and oxygen atoms in total. The first-order valence-corrected chi connectivity index (χ1v) is 9.98. The molecule has 2 aromatic carbocycles. The lowest BCUT2D eigenvalue weighted by molar-refractivity contribution is -0.115. The highest BCUT2D eigenvalue weighted by atomic mass is 35.5. The van der Waals surface area contributed by atoms with Gasteiger partial charge in [0.15, 0.2) is 5.17 Å². The van der Waals surface area contributed by atoms with Gasteiger partial charge in [-0.25, -0.2) is 4.99 Å². The summed E-state index contributed by atoms with van der Waals surface area (Å²) in [6, 6.07) is 15.6. The number of rotatable bonds is 3. The van der Waals surface area contributed by atoms with E-state index in [-0.39, 0.29) is 5.91 Å². The van der Waals surface area contributed by atoms with Crippen LogP contribution in [0.3, 0.4) is 0 Å². The number of anilines is 1. The molecule has 27 heavy (non-hydrogen) atoms. The van der Waals surface area contributed by atoms with Gasteiger partial charge in [0.2, 0.25) is 0 Å². The number of piperazine rings is 1. The number of aliphatic imine (C=N–C) groups is 1. The fourth-order valence-electron chi connectivity index (χ4n) is 2.99. The fraction of sp³-hybridized carbons (Fsp3) is 0.200. The topological polar surface area (TPSA) is 56.7 Å². The summed E-state index contributed by atoms with van der Waals surface area (Å²) in [4.78, 5) is 19.7. The van der Waals surface area contributed by atoms with Crippen molar-refractivity contribution in [1.29, 1.82) is 0 Å². The minimum Gasteiger partial charge on any atom is -0.369 e. The van der Waals surface area contributed by atoms with Crippen molar-refractivity contribution in [3.63, 3.8) is 0 Å². The van der Waals surface area contributed by atoms with Crippen LogP contribution < -0.4 is 15.5 Å². The van der Waals surface area contributed by atoms with E-state index in [0.717, 1.165) is 31.7 Å². The van der Waals surface area contributed by atoms with E-state index in [4.69, 9.17) is 11.6 Å². The highest BCUT2D eigenvalue weighted by Crippen LogP contribution is 2.31. The molecule has 4 rings (SSSR count). The number of thioether (sulfide) groups is 1. The molecule has 0 bridgehead atoms. The van der Waals surface area contributed by atoms with Gasteiger partial charge < -0.3 is 15.5 Å². The van der Waals surface area contributed by atoms with Crippen molar-refractivity contribution in [2.24, 2.45) is 4.99 Å². The smallest absolute Gasteiger partial charge is 0.264 e. The summed E-state index contributed by atoms with van der Waals surface area (Å²) in [5.41, 5.74) is 2.84. The molecule has 2 aliphatic rings. The molecule has 2 N–H and O–H groups in total. The van der Waals surface area contributed by atoms with Gasteiger partial charge >= 0.3 is 0 Å². The minimum absolute atomic E-state index is 0.142. The van der Waals surface area contributed by atoms with Crippen LogP contribution >= 0.6 is 23.4 Å². The van der Waals surface area contributed by atoms with Crippen LogP contribution in [-0.2, 0) is 4.79 Å². The van der Waals surface area contributed by atoms with Gasteiger partial charge in [-0.3, -0.25) is 4.79 Å². The molecule has 2 saturated heterocycles. The van der Waals surface area contributed by atoms with Crippen LogP contribution in [0.15, 0.2) is 58.4 Å². The van der Waals surface area contributed by atoms with Crippen molar-refractivity contribution >= 4 is 51.9 Å². The number of carbonyl (C=O) groups is 1. The molecule has 0 aliphatic carbocycles. The Bertz CT molecular complexity index is 904. The number of hydrogen-bond donors (Lipinski definition) is 2. The maximum absolute atomic E-state index is 12.2. The molecular weight excluding hydrogens is 380 g/mol. The van der Waals surface area contributed by atoms with E-state index in [9.17, 15) is 4.79 Å². The summed E-state index contributed by atoms with van der Waals surface area (Å²) in [7, 11) is 0. The van der Waals surface area contributed by atoms with Crippen LogP contribution in [0.5, 0.6) is 0 Å². The first kappa shape index (κ1) is 18.1. The summed E-state index contributed by atoms with van der Waals surface area (Å²) in [6.45, 7) is 4.05. The second-order valence-corrected chi connectivity index (χ2v) is 7.70. The van der Waals surface area contributed by atoms with E-state index in [0.29, 0.717) is 20.8 Å². The predicted octanol–water partition coefficient (Wildman–Crippen LogP) is 3.64. The number of nitrogens with zero attached hydrogens (tertiary/aromatic N) is 2. The molecule has 2 fully saturated rings. The van der Waals surface area contributed by atoms with Gasteiger partial charge in [-0.15, -0.1) is 0 Å². The first-order chi connectivity index (χ1) is 13.2. The van der Waals surface area contributed by atoms with E-state index in [2.05, 4.69) is 32.7 Å². The maximum Gasteiger partial charge on any atom is 0.264 e. The number of halogens is 1. The molecule has 2 aromatic rings. The summed E-state index contributed by atoms with van der Waals surface area (Å²) in [5, 5.41) is 7.25. The van der Waals surface area contributed by atoms with Crippen molar-refractivity contribution in [1.82, 2.24) is 10.6 Å². The number of hydrogen-bond acceptors (Lipinski definition) is 5. The molecule has 0 spiro atoms. The Kier molecular flexibility index (Phi) is 5.48. The maximum atomic E-state index is 12.2. The third-order valence-corrected chi connectivity index (χ3v) is 5.63. The second kappa shape index (κ2) is 8.17. The van der Waals surface area contributed by atoms with Crippen LogP contribution in [0.1, 0.15) is 5.56 Å². The summed E-state index contributed by atoms with van der Waals surface area (Å²) >= 11 is 7.46. The SMILES string of the molecule is O=C1NC(=Nc2ccccc2Cl)S/C1=C/c1ccc(N2CCNCC2)cc1. The van der Waals surface area contributed by atoms with E-state index in [1.807, 2.05) is 36.4 Å². The van der Waals surface area contributed by atoms with Crippen LogP contribution in [-0.4, -0.2) is 37.3 Å². The lowest BCUT2D eigenvalue weighted by Crippen LogP contribution is -2.43. The Labute approximate surface area is 167 Å². The third-order valence-electron chi connectivity index (χ3n) is 4.40. The fourth-order valence-corrected chi connectivity index (χ4v) is 4.00. The van der Waals surface area contributed by atoms with Gasteiger partial charge in [-0.1, -0.05) is 35.9 Å². The van der Waals surface area contributed by atoms with Crippen LogP contribution in [0.4, 0.5) is 11.4 Å². The zero-order chi connectivity index (χ0) is 18.6. The molecule has 0 aromatic heterocycles. The molecule has 7 heteroatoms. The van der Waals surface area contributed by atoms with Crippen molar-refractivity contribution < 1.29 is 4.79 Å². The van der Waals surface area contributed by atoms with Gasteiger partial charge in [-0.2, -0.15) is 0 Å². The molecule has 2 aliphatic heterocycles. The summed E-state index contributed by atoms with van der Waals surface area (Å²) < 4.78 is 0. The second-order valence-electron chi connectivity index (χ2n) is 6.26. The number of carbonyl (C=O) groups excluding carboxylic acids is 1. The third kappa shape index (κ3) is 4.35. The Morgan fingerprint density at radius 2 is 1.81 bits per heavy atom.